The number of nitrogens with zero attached hydrogens (tertiary/aromatic N) is 2. The van der Waals surface area contributed by atoms with Crippen LogP contribution in [0.5, 0.6) is 0 Å². The Balaban J connectivity index is 2.23. The Morgan fingerprint density at radius 1 is 1.37 bits per heavy atom. The molecule has 1 aliphatic heterocycles. The zero-order chi connectivity index (χ0) is 14.0. The van der Waals surface area contributed by atoms with E-state index >= 15 is 0 Å². The van der Waals surface area contributed by atoms with Gasteiger partial charge in [0, 0.05) is 6.20 Å². The highest BCUT2D eigenvalue weighted by Gasteiger charge is 2.46. The molecule has 3 nitrogen and oxygen atoms in total. The van der Waals surface area contributed by atoms with Crippen molar-refractivity contribution in [2.45, 2.75) is 32.2 Å². The van der Waals surface area contributed by atoms with Crippen molar-refractivity contribution in [2.24, 2.45) is 5.92 Å². The topological polar surface area (TPSA) is 25.4 Å². The van der Waals surface area contributed by atoms with Crippen molar-refractivity contribution in [1.29, 1.82) is 0 Å². The molecule has 1 aromatic rings. The fourth-order valence-corrected chi connectivity index (χ4v) is 2.21. The Morgan fingerprint density at radius 3 is 2.63 bits per heavy atom. The second-order valence-corrected chi connectivity index (χ2v) is 5.02. The van der Waals surface area contributed by atoms with Gasteiger partial charge in [0.2, 0.25) is 0 Å². The predicted molar refractivity (Wildman–Crippen MR) is 66.0 cm³/mol. The number of rotatable bonds is 2. The predicted octanol–water partition coefficient (Wildman–Crippen LogP) is 2.87. The summed E-state index contributed by atoms with van der Waals surface area (Å²) in [6, 6.07) is 5.16. The zero-order valence-electron chi connectivity index (χ0n) is 10.9. The fraction of sp³-hybridized carbons (Fsp3) is 0.615. The Morgan fingerprint density at radius 2 is 2.11 bits per heavy atom. The first-order valence-electron chi connectivity index (χ1n) is 6.25. The fourth-order valence-electron chi connectivity index (χ4n) is 2.21. The van der Waals surface area contributed by atoms with Crippen molar-refractivity contribution in [1.82, 2.24) is 4.98 Å². The number of aromatic nitrogens is 1. The monoisotopic (exact) mass is 274 g/mol. The third-order valence-corrected chi connectivity index (χ3v) is 3.31. The van der Waals surface area contributed by atoms with E-state index in [4.69, 9.17) is 4.74 Å². The molecular formula is C13H17F3N2O. The van der Waals surface area contributed by atoms with Crippen molar-refractivity contribution in [3.63, 3.8) is 0 Å². The summed E-state index contributed by atoms with van der Waals surface area (Å²) in [5.41, 5.74) is 0. The molecule has 1 saturated heterocycles. The standard InChI is InChI=1S/C13H17F3N2O/c1-9(2)10-8-19-11(13(14,15)16)7-18(10)12-5-3-4-6-17-12/h3-6,9-11H,7-8H2,1-2H3. The molecule has 0 amide bonds. The summed E-state index contributed by atoms with van der Waals surface area (Å²) in [5.74, 6) is 0.759. The lowest BCUT2D eigenvalue weighted by molar-refractivity contribution is -0.226. The van der Waals surface area contributed by atoms with Crippen LogP contribution in [0.15, 0.2) is 24.4 Å². The van der Waals surface area contributed by atoms with E-state index in [9.17, 15) is 13.2 Å². The van der Waals surface area contributed by atoms with Gasteiger partial charge in [-0.25, -0.2) is 4.98 Å². The number of anilines is 1. The van der Waals surface area contributed by atoms with Crippen molar-refractivity contribution >= 4 is 5.82 Å². The number of hydrogen-bond donors (Lipinski definition) is 0. The average Bonchev–Trinajstić information content (AvgIpc) is 2.38. The van der Waals surface area contributed by atoms with E-state index < -0.39 is 12.3 Å². The van der Waals surface area contributed by atoms with E-state index in [0.29, 0.717) is 5.82 Å². The van der Waals surface area contributed by atoms with Crippen LogP contribution in [0.2, 0.25) is 0 Å². The van der Waals surface area contributed by atoms with E-state index in [-0.39, 0.29) is 25.1 Å². The molecule has 0 aromatic carbocycles. The minimum Gasteiger partial charge on any atom is -0.365 e. The molecule has 1 fully saturated rings. The molecule has 106 valence electrons. The van der Waals surface area contributed by atoms with Crippen LogP contribution in [0, 0.1) is 5.92 Å². The summed E-state index contributed by atoms with van der Waals surface area (Å²) in [6.45, 7) is 3.80. The van der Waals surface area contributed by atoms with Crippen LogP contribution < -0.4 is 4.90 Å². The molecule has 6 heteroatoms. The normalized spacial score (nSPS) is 24.8. The van der Waals surface area contributed by atoms with Gasteiger partial charge in [-0.15, -0.1) is 0 Å². The van der Waals surface area contributed by atoms with Gasteiger partial charge in [0.05, 0.1) is 19.2 Å². The van der Waals surface area contributed by atoms with Gasteiger partial charge in [0.15, 0.2) is 6.10 Å². The maximum atomic E-state index is 12.8. The molecular weight excluding hydrogens is 257 g/mol. The van der Waals surface area contributed by atoms with Crippen molar-refractivity contribution in [3.05, 3.63) is 24.4 Å². The average molecular weight is 274 g/mol. The Labute approximate surface area is 110 Å². The summed E-state index contributed by atoms with van der Waals surface area (Å²) in [7, 11) is 0. The van der Waals surface area contributed by atoms with Gasteiger partial charge in [-0.05, 0) is 18.1 Å². The number of morpholine rings is 1. The molecule has 2 atom stereocenters. The number of halogens is 3. The van der Waals surface area contributed by atoms with Gasteiger partial charge >= 0.3 is 6.18 Å². The van der Waals surface area contributed by atoms with Crippen LogP contribution in [0.3, 0.4) is 0 Å². The van der Waals surface area contributed by atoms with E-state index in [1.807, 2.05) is 13.8 Å². The van der Waals surface area contributed by atoms with Gasteiger partial charge < -0.3 is 9.64 Å². The molecule has 0 bridgehead atoms. The van der Waals surface area contributed by atoms with Crippen molar-refractivity contribution in [3.8, 4) is 0 Å². The smallest absolute Gasteiger partial charge is 0.365 e. The van der Waals surface area contributed by atoms with E-state index in [0.717, 1.165) is 0 Å². The van der Waals surface area contributed by atoms with Crippen molar-refractivity contribution < 1.29 is 17.9 Å². The molecule has 2 heterocycles. The third-order valence-electron chi connectivity index (χ3n) is 3.31. The molecule has 1 aromatic heterocycles. The first kappa shape index (κ1) is 14.1. The van der Waals surface area contributed by atoms with E-state index in [2.05, 4.69) is 4.98 Å². The highest BCUT2D eigenvalue weighted by Crippen LogP contribution is 2.31. The third kappa shape index (κ3) is 3.18. The number of hydrogen-bond acceptors (Lipinski definition) is 3. The summed E-state index contributed by atoms with van der Waals surface area (Å²) in [6.07, 6.45) is -4.50. The van der Waals surface area contributed by atoms with Gasteiger partial charge in [-0.2, -0.15) is 13.2 Å². The highest BCUT2D eigenvalue weighted by molar-refractivity contribution is 5.40. The van der Waals surface area contributed by atoms with Gasteiger partial charge in [-0.3, -0.25) is 0 Å². The number of ether oxygens (including phenoxy) is 1. The number of pyridine rings is 1. The van der Waals surface area contributed by atoms with Crippen LogP contribution in [0.1, 0.15) is 13.8 Å². The summed E-state index contributed by atoms with van der Waals surface area (Å²) in [5, 5.41) is 0. The van der Waals surface area contributed by atoms with E-state index in [1.54, 1.807) is 29.3 Å². The van der Waals surface area contributed by atoms with E-state index in [1.165, 1.54) is 0 Å². The number of alkyl halides is 3. The molecule has 0 radical (unpaired) electrons. The minimum atomic E-state index is -4.34. The highest BCUT2D eigenvalue weighted by atomic mass is 19.4. The lowest BCUT2D eigenvalue weighted by Crippen LogP contribution is -2.56. The second-order valence-electron chi connectivity index (χ2n) is 5.02. The first-order chi connectivity index (χ1) is 8.89. The Kier molecular flexibility index (Phi) is 3.99. The molecule has 19 heavy (non-hydrogen) atoms. The minimum absolute atomic E-state index is 0.0679. The molecule has 2 unspecified atom stereocenters. The molecule has 0 aliphatic carbocycles. The van der Waals surface area contributed by atoms with Crippen LogP contribution in [-0.2, 0) is 4.74 Å². The Bertz CT molecular complexity index is 408. The maximum Gasteiger partial charge on any atom is 0.416 e. The van der Waals surface area contributed by atoms with Crippen molar-refractivity contribution in [2.75, 3.05) is 18.1 Å². The molecule has 2 rings (SSSR count). The van der Waals surface area contributed by atoms with Gasteiger partial charge in [-0.1, -0.05) is 19.9 Å². The van der Waals surface area contributed by atoms with Gasteiger partial charge in [0.25, 0.3) is 0 Å². The molecule has 0 saturated carbocycles. The van der Waals surface area contributed by atoms with Crippen LogP contribution in [0.25, 0.3) is 0 Å². The first-order valence-corrected chi connectivity index (χ1v) is 6.25. The molecule has 1 aliphatic rings. The maximum absolute atomic E-state index is 12.8. The molecule has 0 N–H and O–H groups in total. The largest absolute Gasteiger partial charge is 0.416 e. The SMILES string of the molecule is CC(C)C1COC(C(F)(F)F)CN1c1ccccn1. The molecule has 0 spiro atoms. The second kappa shape index (κ2) is 5.36. The Hall–Kier alpha value is -1.30. The van der Waals surface area contributed by atoms with Gasteiger partial charge in [0.1, 0.15) is 5.82 Å². The lowest BCUT2D eigenvalue weighted by Gasteiger charge is -2.42. The summed E-state index contributed by atoms with van der Waals surface area (Å²) in [4.78, 5) is 5.86. The lowest BCUT2D eigenvalue weighted by atomic mass is 10.0. The van der Waals surface area contributed by atoms with Crippen LogP contribution >= 0.6 is 0 Å². The zero-order valence-corrected chi connectivity index (χ0v) is 10.9. The summed E-state index contributed by atoms with van der Waals surface area (Å²) >= 11 is 0. The van der Waals surface area contributed by atoms with Crippen LogP contribution in [0.4, 0.5) is 19.0 Å². The quantitative estimate of drug-likeness (QED) is 0.829. The summed E-state index contributed by atoms with van der Waals surface area (Å²) < 4.78 is 43.3. The van der Waals surface area contributed by atoms with Crippen LogP contribution in [-0.4, -0.2) is 36.5 Å².